The summed E-state index contributed by atoms with van der Waals surface area (Å²) in [5, 5.41) is 11.8. The van der Waals surface area contributed by atoms with Gasteiger partial charge in [0, 0.05) is 11.6 Å². The van der Waals surface area contributed by atoms with Crippen LogP contribution in [0.4, 0.5) is 4.39 Å². The number of carbonyl (C=O) groups excluding carboxylic acids is 2. The number of carbonyl (C=O) groups is 2. The summed E-state index contributed by atoms with van der Waals surface area (Å²) in [5.74, 6) is -1.71. The second-order valence-corrected chi connectivity index (χ2v) is 9.92. The third-order valence-electron chi connectivity index (χ3n) is 6.13. The fourth-order valence-corrected chi connectivity index (χ4v) is 5.02. The van der Waals surface area contributed by atoms with Crippen LogP contribution in [-0.2, 0) is 16.0 Å². The zero-order valence-electron chi connectivity index (χ0n) is 21.0. The van der Waals surface area contributed by atoms with Crippen molar-refractivity contribution in [1.82, 2.24) is 4.90 Å². The molecule has 38 heavy (non-hydrogen) atoms. The third-order valence-corrected chi connectivity index (χ3v) is 6.63. The van der Waals surface area contributed by atoms with E-state index in [-0.39, 0.29) is 45.4 Å². The molecule has 1 saturated heterocycles. The van der Waals surface area contributed by atoms with E-state index < -0.39 is 23.5 Å². The summed E-state index contributed by atoms with van der Waals surface area (Å²) < 4.78 is 24.5. The van der Waals surface area contributed by atoms with E-state index in [4.69, 9.17) is 32.7 Å². The van der Waals surface area contributed by atoms with Crippen LogP contribution < -0.4 is 9.47 Å². The lowest BCUT2D eigenvalue weighted by Crippen LogP contribution is -2.31. The molecule has 3 aromatic carbocycles. The van der Waals surface area contributed by atoms with Crippen molar-refractivity contribution in [2.75, 3.05) is 13.7 Å². The van der Waals surface area contributed by atoms with Crippen molar-refractivity contribution in [3.05, 3.63) is 98.8 Å². The Balaban J connectivity index is 1.82. The van der Waals surface area contributed by atoms with E-state index in [1.54, 1.807) is 36.4 Å². The molecule has 198 valence electrons. The fourth-order valence-electron chi connectivity index (χ4n) is 4.45. The zero-order valence-corrected chi connectivity index (χ0v) is 22.5. The number of ketones is 1. The van der Waals surface area contributed by atoms with E-state index >= 15 is 0 Å². The van der Waals surface area contributed by atoms with Crippen LogP contribution in [0.2, 0.25) is 10.0 Å². The first-order valence-corrected chi connectivity index (χ1v) is 12.7. The summed E-state index contributed by atoms with van der Waals surface area (Å²) in [5.41, 5.74) is 1.35. The molecule has 1 aliphatic heterocycles. The number of nitrogens with zero attached hydrogens (tertiary/aromatic N) is 1. The minimum Gasteiger partial charge on any atom is -0.507 e. The Morgan fingerprint density at radius 3 is 2.32 bits per heavy atom. The minimum absolute atomic E-state index is 0.0396. The highest BCUT2D eigenvalue weighted by Gasteiger charge is 2.46. The molecule has 1 atom stereocenters. The SMILES string of the molecule is COc1c(Cl)cc(Cl)cc1/C(O)=C1\C(=O)C(=O)N(CCc2ccc(F)cc2)C1c1ccc(OC(C)C)cc1. The number of hydrogen-bond donors (Lipinski definition) is 1. The number of likely N-dealkylation sites (tertiary alicyclic amines) is 1. The molecular weight excluding hydrogens is 532 g/mol. The highest BCUT2D eigenvalue weighted by atomic mass is 35.5. The first-order chi connectivity index (χ1) is 18.1. The van der Waals surface area contributed by atoms with Crippen molar-refractivity contribution >= 4 is 40.7 Å². The van der Waals surface area contributed by atoms with E-state index in [2.05, 4.69) is 0 Å². The van der Waals surface area contributed by atoms with Crippen LogP contribution in [0.3, 0.4) is 0 Å². The first kappa shape index (κ1) is 27.5. The molecule has 1 unspecified atom stereocenters. The number of methoxy groups -OCH3 is 1. The molecule has 0 aliphatic carbocycles. The largest absolute Gasteiger partial charge is 0.507 e. The van der Waals surface area contributed by atoms with Gasteiger partial charge < -0.3 is 19.5 Å². The standard InChI is InChI=1S/C29H26Cl2FNO5/c1-16(2)38-21-10-6-18(7-11-21)25-24(26(34)22-14-19(30)15-23(31)28(22)37-3)27(35)29(36)33(25)13-12-17-4-8-20(32)9-5-17/h4-11,14-16,25,34H,12-13H2,1-3H3/b26-24+. The van der Waals surface area contributed by atoms with Crippen LogP contribution >= 0.6 is 23.2 Å². The summed E-state index contributed by atoms with van der Waals surface area (Å²) in [6.45, 7) is 3.96. The molecule has 1 heterocycles. The molecular formula is C29H26Cl2FNO5. The molecule has 0 radical (unpaired) electrons. The van der Waals surface area contributed by atoms with Crippen molar-refractivity contribution in [1.29, 1.82) is 0 Å². The number of hydrogen-bond acceptors (Lipinski definition) is 5. The van der Waals surface area contributed by atoms with Gasteiger partial charge in [0.05, 0.1) is 35.4 Å². The number of ether oxygens (including phenoxy) is 2. The van der Waals surface area contributed by atoms with Gasteiger partial charge in [0.15, 0.2) is 0 Å². The van der Waals surface area contributed by atoms with E-state index in [0.29, 0.717) is 17.7 Å². The average molecular weight is 558 g/mol. The van der Waals surface area contributed by atoms with Crippen molar-refractivity contribution in [3.63, 3.8) is 0 Å². The number of aliphatic hydroxyl groups excluding tert-OH is 1. The van der Waals surface area contributed by atoms with Crippen LogP contribution in [0.5, 0.6) is 11.5 Å². The second-order valence-electron chi connectivity index (χ2n) is 9.07. The maximum atomic E-state index is 13.4. The summed E-state index contributed by atoms with van der Waals surface area (Å²) >= 11 is 12.5. The number of rotatable bonds is 8. The molecule has 1 amide bonds. The van der Waals surface area contributed by atoms with Gasteiger partial charge in [0.25, 0.3) is 11.7 Å². The van der Waals surface area contributed by atoms with Gasteiger partial charge in [-0.3, -0.25) is 9.59 Å². The summed E-state index contributed by atoms with van der Waals surface area (Å²) in [7, 11) is 1.37. The van der Waals surface area contributed by atoms with Gasteiger partial charge in [0.2, 0.25) is 0 Å². The summed E-state index contributed by atoms with van der Waals surface area (Å²) in [6, 6.07) is 14.9. The molecule has 1 aliphatic rings. The molecule has 0 bridgehead atoms. The van der Waals surface area contributed by atoms with Gasteiger partial charge in [-0.05, 0) is 67.8 Å². The van der Waals surface area contributed by atoms with Gasteiger partial charge in [0.1, 0.15) is 23.1 Å². The predicted molar refractivity (Wildman–Crippen MR) is 144 cm³/mol. The summed E-state index contributed by atoms with van der Waals surface area (Å²) in [4.78, 5) is 28.0. The van der Waals surface area contributed by atoms with E-state index in [1.165, 1.54) is 36.3 Å². The number of amides is 1. The van der Waals surface area contributed by atoms with Gasteiger partial charge >= 0.3 is 0 Å². The molecule has 1 N–H and O–H groups in total. The highest BCUT2D eigenvalue weighted by Crippen LogP contribution is 2.43. The van der Waals surface area contributed by atoms with Crippen molar-refractivity contribution in [2.45, 2.75) is 32.4 Å². The van der Waals surface area contributed by atoms with Crippen molar-refractivity contribution in [3.8, 4) is 11.5 Å². The lowest BCUT2D eigenvalue weighted by atomic mass is 9.94. The Morgan fingerprint density at radius 1 is 1.05 bits per heavy atom. The number of halogens is 3. The molecule has 0 saturated carbocycles. The summed E-state index contributed by atoms with van der Waals surface area (Å²) in [6.07, 6.45) is 0.326. The zero-order chi connectivity index (χ0) is 27.6. The number of Topliss-reactive ketones (excluding diaryl/α,β-unsaturated/α-hetero) is 1. The quantitative estimate of drug-likeness (QED) is 0.192. The third kappa shape index (κ3) is 5.64. The van der Waals surface area contributed by atoms with Crippen molar-refractivity contribution < 1.29 is 28.6 Å². The minimum atomic E-state index is -0.911. The first-order valence-electron chi connectivity index (χ1n) is 11.9. The maximum Gasteiger partial charge on any atom is 0.295 e. The van der Waals surface area contributed by atoms with Crippen LogP contribution in [0, 0.1) is 5.82 Å². The van der Waals surface area contributed by atoms with Crippen LogP contribution in [0.1, 0.15) is 36.6 Å². The van der Waals surface area contributed by atoms with E-state index in [1.807, 2.05) is 13.8 Å². The van der Waals surface area contributed by atoms with E-state index in [0.717, 1.165) is 5.56 Å². The lowest BCUT2D eigenvalue weighted by molar-refractivity contribution is -0.139. The van der Waals surface area contributed by atoms with Gasteiger partial charge in [-0.25, -0.2) is 4.39 Å². The molecule has 4 rings (SSSR count). The van der Waals surface area contributed by atoms with Crippen molar-refractivity contribution in [2.24, 2.45) is 0 Å². The Kier molecular flexibility index (Phi) is 8.29. The topological polar surface area (TPSA) is 76.1 Å². The molecule has 6 nitrogen and oxygen atoms in total. The average Bonchev–Trinajstić information content (AvgIpc) is 3.12. The Morgan fingerprint density at radius 2 is 1.71 bits per heavy atom. The molecule has 3 aromatic rings. The Labute approximate surface area is 230 Å². The number of benzene rings is 3. The smallest absolute Gasteiger partial charge is 0.295 e. The number of aliphatic hydroxyl groups is 1. The predicted octanol–water partition coefficient (Wildman–Crippen LogP) is 6.59. The molecule has 0 spiro atoms. The molecule has 0 aromatic heterocycles. The Bertz CT molecular complexity index is 1390. The normalized spacial score (nSPS) is 16.8. The van der Waals surface area contributed by atoms with Gasteiger partial charge in [-0.2, -0.15) is 0 Å². The maximum absolute atomic E-state index is 13.4. The Hall–Kier alpha value is -3.55. The van der Waals surface area contributed by atoms with Crippen LogP contribution in [0.25, 0.3) is 5.76 Å². The second kappa shape index (κ2) is 11.5. The molecule has 9 heteroatoms. The molecule has 1 fully saturated rings. The van der Waals surface area contributed by atoms with Gasteiger partial charge in [-0.1, -0.05) is 47.5 Å². The van der Waals surface area contributed by atoms with Crippen LogP contribution in [0.15, 0.2) is 66.2 Å². The van der Waals surface area contributed by atoms with Gasteiger partial charge in [-0.15, -0.1) is 0 Å². The monoisotopic (exact) mass is 557 g/mol. The fraction of sp³-hybridized carbons (Fsp3) is 0.241. The highest BCUT2D eigenvalue weighted by molar-refractivity contribution is 6.46. The lowest BCUT2D eigenvalue weighted by Gasteiger charge is -2.26. The van der Waals surface area contributed by atoms with E-state index in [9.17, 15) is 19.1 Å². The van der Waals surface area contributed by atoms with Crippen LogP contribution in [-0.4, -0.2) is 41.5 Å².